The lowest BCUT2D eigenvalue weighted by atomic mass is 10.1. The average molecular weight is 302 g/mol. The van der Waals surface area contributed by atoms with E-state index < -0.39 is 0 Å². The first-order valence-corrected chi connectivity index (χ1v) is 6.85. The van der Waals surface area contributed by atoms with Gasteiger partial charge < -0.3 is 15.2 Å². The second-order valence-corrected chi connectivity index (χ2v) is 5.78. The molecule has 0 bridgehead atoms. The van der Waals surface area contributed by atoms with Crippen LogP contribution in [-0.4, -0.2) is 24.3 Å². The molecular formula is C14H20ClNO2S. The lowest BCUT2D eigenvalue weighted by molar-refractivity contribution is -0.0124. The molecule has 5 heteroatoms. The molecule has 0 unspecified atom stereocenters. The summed E-state index contributed by atoms with van der Waals surface area (Å²) >= 11 is 11.0. The van der Waals surface area contributed by atoms with E-state index in [1.165, 1.54) is 0 Å². The van der Waals surface area contributed by atoms with Crippen molar-refractivity contribution in [3.05, 3.63) is 34.3 Å². The summed E-state index contributed by atoms with van der Waals surface area (Å²) in [5, 5.41) is 0.622. The third kappa shape index (κ3) is 5.45. The Bertz CT molecular complexity index is 449. The molecule has 0 spiro atoms. The minimum absolute atomic E-state index is 0.167. The molecule has 0 aliphatic heterocycles. The van der Waals surface area contributed by atoms with Gasteiger partial charge in [-0.15, -0.1) is 0 Å². The van der Waals surface area contributed by atoms with Crippen LogP contribution in [-0.2, 0) is 16.1 Å². The van der Waals surface area contributed by atoms with Gasteiger partial charge in [0.05, 0.1) is 12.2 Å². The summed E-state index contributed by atoms with van der Waals surface area (Å²) in [6.45, 7) is 5.14. The number of nitrogens with two attached hydrogens (primary N) is 1. The van der Waals surface area contributed by atoms with Gasteiger partial charge in [-0.25, -0.2) is 0 Å². The molecule has 0 atom stereocenters. The number of ether oxygens (including phenoxy) is 2. The monoisotopic (exact) mass is 301 g/mol. The molecule has 1 rings (SSSR count). The summed E-state index contributed by atoms with van der Waals surface area (Å²) in [6.07, 6.45) is 0.825. The van der Waals surface area contributed by atoms with Gasteiger partial charge in [-0.05, 0) is 31.9 Å². The van der Waals surface area contributed by atoms with Crippen LogP contribution in [0, 0.1) is 0 Å². The molecule has 19 heavy (non-hydrogen) atoms. The highest BCUT2D eigenvalue weighted by atomic mass is 35.5. The number of thiocarbonyl (C=S) groups is 1. The van der Waals surface area contributed by atoms with Gasteiger partial charge in [-0.2, -0.15) is 0 Å². The smallest absolute Gasteiger partial charge is 0.104 e. The van der Waals surface area contributed by atoms with Crippen molar-refractivity contribution in [1.29, 1.82) is 0 Å². The molecule has 0 radical (unpaired) electrons. The zero-order valence-corrected chi connectivity index (χ0v) is 13.1. The predicted molar refractivity (Wildman–Crippen MR) is 82.7 cm³/mol. The van der Waals surface area contributed by atoms with Crippen LogP contribution in [0.25, 0.3) is 0 Å². The third-order valence-electron chi connectivity index (χ3n) is 3.00. The minimum atomic E-state index is -0.167. The van der Waals surface area contributed by atoms with E-state index in [-0.39, 0.29) is 5.60 Å². The first-order chi connectivity index (χ1) is 8.85. The van der Waals surface area contributed by atoms with Crippen molar-refractivity contribution in [2.24, 2.45) is 5.73 Å². The van der Waals surface area contributed by atoms with Gasteiger partial charge in [0.2, 0.25) is 0 Å². The highest BCUT2D eigenvalue weighted by Crippen LogP contribution is 2.19. The summed E-state index contributed by atoms with van der Waals surface area (Å²) in [7, 11) is 1.70. The Labute approximate surface area is 125 Å². The fraction of sp³-hybridized carbons (Fsp3) is 0.500. The number of halogens is 1. The van der Waals surface area contributed by atoms with Crippen molar-refractivity contribution >= 4 is 28.8 Å². The van der Waals surface area contributed by atoms with E-state index in [1.54, 1.807) is 13.2 Å². The Balaban J connectivity index is 2.48. The van der Waals surface area contributed by atoms with Gasteiger partial charge >= 0.3 is 0 Å². The molecule has 1 aromatic rings. The van der Waals surface area contributed by atoms with Crippen molar-refractivity contribution in [1.82, 2.24) is 0 Å². The summed E-state index contributed by atoms with van der Waals surface area (Å²) in [4.78, 5) is 0.344. The fourth-order valence-corrected chi connectivity index (χ4v) is 1.78. The summed E-state index contributed by atoms with van der Waals surface area (Å²) in [5.74, 6) is 0. The molecule has 0 fully saturated rings. The Kier molecular flexibility index (Phi) is 6.20. The molecule has 0 saturated heterocycles. The summed E-state index contributed by atoms with van der Waals surface area (Å²) < 4.78 is 10.9. The summed E-state index contributed by atoms with van der Waals surface area (Å²) in [6, 6.07) is 5.51. The van der Waals surface area contributed by atoms with E-state index in [0.717, 1.165) is 17.5 Å². The molecule has 1 aromatic carbocycles. The zero-order chi connectivity index (χ0) is 14.5. The Morgan fingerprint density at radius 3 is 2.63 bits per heavy atom. The van der Waals surface area contributed by atoms with E-state index in [0.29, 0.717) is 23.2 Å². The fourth-order valence-electron chi connectivity index (χ4n) is 1.42. The molecule has 0 aliphatic rings. The van der Waals surface area contributed by atoms with E-state index >= 15 is 0 Å². The Morgan fingerprint density at radius 1 is 1.42 bits per heavy atom. The Hall–Kier alpha value is -0.680. The molecule has 0 saturated carbocycles. The second-order valence-electron chi connectivity index (χ2n) is 4.94. The van der Waals surface area contributed by atoms with Crippen LogP contribution in [0.3, 0.4) is 0 Å². The van der Waals surface area contributed by atoms with Gasteiger partial charge in [0.25, 0.3) is 0 Å². The predicted octanol–water partition coefficient (Wildman–Crippen LogP) is 3.31. The SMILES string of the molecule is COC(C)(C)CCOCc1ccc(C(N)=S)cc1Cl. The molecule has 0 heterocycles. The van der Waals surface area contributed by atoms with E-state index in [1.807, 2.05) is 26.0 Å². The van der Waals surface area contributed by atoms with Crippen LogP contribution in [0.1, 0.15) is 31.4 Å². The van der Waals surface area contributed by atoms with E-state index in [2.05, 4.69) is 0 Å². The van der Waals surface area contributed by atoms with Crippen molar-refractivity contribution in [2.75, 3.05) is 13.7 Å². The molecule has 0 aliphatic carbocycles. The van der Waals surface area contributed by atoms with Crippen LogP contribution >= 0.6 is 23.8 Å². The van der Waals surface area contributed by atoms with Crippen LogP contribution in [0.5, 0.6) is 0 Å². The van der Waals surface area contributed by atoms with Crippen LogP contribution in [0.4, 0.5) is 0 Å². The largest absolute Gasteiger partial charge is 0.389 e. The maximum Gasteiger partial charge on any atom is 0.104 e. The van der Waals surface area contributed by atoms with E-state index in [9.17, 15) is 0 Å². The van der Waals surface area contributed by atoms with Gasteiger partial charge in [0, 0.05) is 24.3 Å². The van der Waals surface area contributed by atoms with E-state index in [4.69, 9.17) is 39.0 Å². The molecule has 0 amide bonds. The first kappa shape index (κ1) is 16.4. The molecule has 2 N–H and O–H groups in total. The van der Waals surface area contributed by atoms with Crippen molar-refractivity contribution in [3.8, 4) is 0 Å². The number of benzene rings is 1. The van der Waals surface area contributed by atoms with Crippen LogP contribution < -0.4 is 5.73 Å². The zero-order valence-electron chi connectivity index (χ0n) is 11.5. The van der Waals surface area contributed by atoms with Crippen molar-refractivity contribution < 1.29 is 9.47 Å². The number of methoxy groups -OCH3 is 1. The normalized spacial score (nSPS) is 11.6. The van der Waals surface area contributed by atoms with Crippen molar-refractivity contribution in [3.63, 3.8) is 0 Å². The quantitative estimate of drug-likeness (QED) is 0.620. The lowest BCUT2D eigenvalue weighted by Gasteiger charge is -2.22. The second kappa shape index (κ2) is 7.20. The lowest BCUT2D eigenvalue weighted by Crippen LogP contribution is -2.24. The molecule has 3 nitrogen and oxygen atoms in total. The minimum Gasteiger partial charge on any atom is -0.389 e. The highest BCUT2D eigenvalue weighted by Gasteiger charge is 2.15. The van der Waals surface area contributed by atoms with Crippen LogP contribution in [0.15, 0.2) is 18.2 Å². The number of hydrogen-bond acceptors (Lipinski definition) is 3. The Morgan fingerprint density at radius 2 is 2.11 bits per heavy atom. The number of rotatable bonds is 7. The maximum absolute atomic E-state index is 6.15. The first-order valence-electron chi connectivity index (χ1n) is 6.07. The third-order valence-corrected chi connectivity index (χ3v) is 3.58. The van der Waals surface area contributed by atoms with Crippen LogP contribution in [0.2, 0.25) is 5.02 Å². The maximum atomic E-state index is 6.15. The van der Waals surface area contributed by atoms with Gasteiger partial charge in [-0.1, -0.05) is 36.0 Å². The molecule has 0 aromatic heterocycles. The van der Waals surface area contributed by atoms with Gasteiger partial charge in [-0.3, -0.25) is 0 Å². The number of hydrogen-bond donors (Lipinski definition) is 1. The van der Waals surface area contributed by atoms with Crippen molar-refractivity contribution in [2.45, 2.75) is 32.5 Å². The average Bonchev–Trinajstić information content (AvgIpc) is 2.36. The standard InChI is InChI=1S/C14H20ClNO2S/c1-14(2,17-3)6-7-18-9-11-5-4-10(13(16)19)8-12(11)15/h4-5,8H,6-7,9H2,1-3H3,(H2,16,19). The molecular weight excluding hydrogens is 282 g/mol. The highest BCUT2D eigenvalue weighted by molar-refractivity contribution is 7.80. The topological polar surface area (TPSA) is 44.5 Å². The molecule has 106 valence electrons. The van der Waals surface area contributed by atoms with Gasteiger partial charge in [0.1, 0.15) is 4.99 Å². The van der Waals surface area contributed by atoms with Gasteiger partial charge in [0.15, 0.2) is 0 Å². The summed E-state index contributed by atoms with van der Waals surface area (Å²) in [5.41, 5.74) is 7.07.